The molecule has 0 aliphatic carbocycles. The molecule has 0 bridgehead atoms. The number of nitrogens with two attached hydrogens (primary N) is 1. The number of thiophene rings is 1. The topological polar surface area (TPSA) is 35.2 Å². The Morgan fingerprint density at radius 3 is 2.59 bits per heavy atom. The van der Waals surface area contributed by atoms with Gasteiger partial charge in [0, 0.05) is 0 Å². The monoisotopic (exact) mass is 247 g/mol. The first-order chi connectivity index (χ1) is 8.13. The number of methoxy groups -OCH3 is 1. The van der Waals surface area contributed by atoms with Crippen molar-refractivity contribution in [2.75, 3.05) is 7.11 Å². The molecule has 1 atom stereocenters. The van der Waals surface area contributed by atoms with Crippen LogP contribution in [0.2, 0.25) is 0 Å². The zero-order valence-corrected chi connectivity index (χ0v) is 11.2. The highest BCUT2D eigenvalue weighted by Gasteiger charge is 2.15. The third-order valence-electron chi connectivity index (χ3n) is 3.05. The lowest BCUT2D eigenvalue weighted by molar-refractivity contribution is 0.411. The highest BCUT2D eigenvalue weighted by Crippen LogP contribution is 2.33. The fourth-order valence-electron chi connectivity index (χ4n) is 1.81. The van der Waals surface area contributed by atoms with Gasteiger partial charge in [-0.1, -0.05) is 18.2 Å². The van der Waals surface area contributed by atoms with Gasteiger partial charge in [-0.15, -0.1) is 11.3 Å². The van der Waals surface area contributed by atoms with Crippen molar-refractivity contribution in [1.29, 1.82) is 0 Å². The van der Waals surface area contributed by atoms with E-state index in [1.807, 2.05) is 11.4 Å². The van der Waals surface area contributed by atoms with Crippen LogP contribution in [0, 0.1) is 13.8 Å². The van der Waals surface area contributed by atoms with Gasteiger partial charge >= 0.3 is 0 Å². The van der Waals surface area contributed by atoms with E-state index in [9.17, 15) is 0 Å². The standard InChI is InChI=1S/C14H17NOS/c1-9-4-5-11(8-10(9)2)13(15)14-12(16-3)6-7-17-14/h4-8,13H,15H2,1-3H3. The largest absolute Gasteiger partial charge is 0.496 e. The summed E-state index contributed by atoms with van der Waals surface area (Å²) in [7, 11) is 1.68. The Balaban J connectivity index is 2.36. The van der Waals surface area contributed by atoms with Gasteiger partial charge < -0.3 is 10.5 Å². The molecule has 1 aromatic heterocycles. The zero-order valence-electron chi connectivity index (χ0n) is 10.4. The van der Waals surface area contributed by atoms with Gasteiger partial charge in [-0.3, -0.25) is 0 Å². The van der Waals surface area contributed by atoms with Gasteiger partial charge in [0.05, 0.1) is 18.0 Å². The van der Waals surface area contributed by atoms with Crippen LogP contribution >= 0.6 is 11.3 Å². The van der Waals surface area contributed by atoms with E-state index >= 15 is 0 Å². The van der Waals surface area contributed by atoms with E-state index in [1.54, 1.807) is 18.4 Å². The van der Waals surface area contributed by atoms with Gasteiger partial charge in [-0.25, -0.2) is 0 Å². The van der Waals surface area contributed by atoms with E-state index in [2.05, 4.69) is 32.0 Å². The van der Waals surface area contributed by atoms with Crippen LogP contribution in [0.15, 0.2) is 29.6 Å². The molecule has 1 aromatic carbocycles. The minimum absolute atomic E-state index is 0.107. The molecule has 2 aromatic rings. The van der Waals surface area contributed by atoms with Crippen LogP contribution in [0.4, 0.5) is 0 Å². The first-order valence-electron chi connectivity index (χ1n) is 5.57. The Bertz CT molecular complexity index is 519. The Kier molecular flexibility index (Phi) is 3.50. The molecule has 0 aliphatic rings. The fraction of sp³-hybridized carbons (Fsp3) is 0.286. The SMILES string of the molecule is COc1ccsc1C(N)c1ccc(C)c(C)c1. The van der Waals surface area contributed by atoms with Crippen molar-refractivity contribution in [2.24, 2.45) is 5.73 Å². The Morgan fingerprint density at radius 1 is 1.18 bits per heavy atom. The van der Waals surface area contributed by atoms with Crippen molar-refractivity contribution in [2.45, 2.75) is 19.9 Å². The van der Waals surface area contributed by atoms with Gasteiger partial charge in [0.15, 0.2) is 0 Å². The molecule has 17 heavy (non-hydrogen) atoms. The van der Waals surface area contributed by atoms with Gasteiger partial charge in [0.2, 0.25) is 0 Å². The first-order valence-corrected chi connectivity index (χ1v) is 6.45. The average Bonchev–Trinajstić information content (AvgIpc) is 2.80. The second-order valence-electron chi connectivity index (χ2n) is 4.17. The molecule has 0 radical (unpaired) electrons. The Hall–Kier alpha value is -1.32. The molecular weight excluding hydrogens is 230 g/mol. The number of benzene rings is 1. The Labute approximate surface area is 106 Å². The highest BCUT2D eigenvalue weighted by molar-refractivity contribution is 7.10. The van der Waals surface area contributed by atoms with Crippen molar-refractivity contribution in [1.82, 2.24) is 0 Å². The highest BCUT2D eigenvalue weighted by atomic mass is 32.1. The summed E-state index contributed by atoms with van der Waals surface area (Å²) in [6.45, 7) is 4.22. The van der Waals surface area contributed by atoms with Crippen molar-refractivity contribution in [3.05, 3.63) is 51.2 Å². The summed E-state index contributed by atoms with van der Waals surface area (Å²) in [6.07, 6.45) is 0. The molecule has 90 valence electrons. The van der Waals surface area contributed by atoms with Crippen LogP contribution in [-0.4, -0.2) is 7.11 Å². The second kappa shape index (κ2) is 4.90. The first kappa shape index (κ1) is 12.1. The quantitative estimate of drug-likeness (QED) is 0.902. The van der Waals surface area contributed by atoms with E-state index in [4.69, 9.17) is 10.5 Å². The Morgan fingerprint density at radius 2 is 1.94 bits per heavy atom. The molecule has 0 spiro atoms. The van der Waals surface area contributed by atoms with Crippen LogP contribution in [0.5, 0.6) is 5.75 Å². The van der Waals surface area contributed by atoms with Crippen LogP contribution < -0.4 is 10.5 Å². The van der Waals surface area contributed by atoms with E-state index in [-0.39, 0.29) is 6.04 Å². The van der Waals surface area contributed by atoms with E-state index in [0.717, 1.165) is 16.2 Å². The second-order valence-corrected chi connectivity index (χ2v) is 5.12. The summed E-state index contributed by atoms with van der Waals surface area (Å²) >= 11 is 1.64. The maximum Gasteiger partial charge on any atom is 0.134 e. The van der Waals surface area contributed by atoms with Gasteiger partial charge in [0.25, 0.3) is 0 Å². The summed E-state index contributed by atoms with van der Waals surface area (Å²) < 4.78 is 5.31. The molecule has 1 unspecified atom stereocenters. The molecule has 3 heteroatoms. The van der Waals surface area contributed by atoms with Gasteiger partial charge in [-0.05, 0) is 42.0 Å². The zero-order chi connectivity index (χ0) is 12.4. The lowest BCUT2D eigenvalue weighted by Crippen LogP contribution is -2.11. The number of hydrogen-bond acceptors (Lipinski definition) is 3. The molecule has 0 saturated heterocycles. The van der Waals surface area contributed by atoms with E-state index < -0.39 is 0 Å². The van der Waals surface area contributed by atoms with Crippen LogP contribution in [0.25, 0.3) is 0 Å². The molecule has 1 heterocycles. The maximum absolute atomic E-state index is 6.29. The molecule has 0 fully saturated rings. The lowest BCUT2D eigenvalue weighted by Gasteiger charge is -2.13. The molecule has 2 nitrogen and oxygen atoms in total. The third-order valence-corrected chi connectivity index (χ3v) is 4.03. The van der Waals surface area contributed by atoms with Crippen LogP contribution in [0.1, 0.15) is 27.6 Å². The molecule has 0 amide bonds. The predicted octanol–water partition coefficient (Wildman–Crippen LogP) is 3.42. The summed E-state index contributed by atoms with van der Waals surface area (Å²) in [5, 5.41) is 2.01. The fourth-order valence-corrected chi connectivity index (χ4v) is 2.70. The smallest absolute Gasteiger partial charge is 0.134 e. The van der Waals surface area contributed by atoms with Crippen molar-refractivity contribution < 1.29 is 4.74 Å². The molecule has 2 rings (SSSR count). The van der Waals surface area contributed by atoms with Crippen LogP contribution in [0.3, 0.4) is 0 Å². The van der Waals surface area contributed by atoms with Crippen molar-refractivity contribution in [3.63, 3.8) is 0 Å². The average molecular weight is 247 g/mol. The minimum Gasteiger partial charge on any atom is -0.496 e. The van der Waals surface area contributed by atoms with Gasteiger partial charge in [0.1, 0.15) is 5.75 Å². The lowest BCUT2D eigenvalue weighted by atomic mass is 10.0. The number of aryl methyl sites for hydroxylation is 2. The summed E-state index contributed by atoms with van der Waals surface area (Å²) in [5.41, 5.74) is 9.98. The normalized spacial score (nSPS) is 12.5. The minimum atomic E-state index is -0.107. The van der Waals surface area contributed by atoms with Crippen molar-refractivity contribution in [3.8, 4) is 5.75 Å². The predicted molar refractivity (Wildman–Crippen MR) is 72.8 cm³/mol. The summed E-state index contributed by atoms with van der Waals surface area (Å²) in [5.74, 6) is 0.876. The number of hydrogen-bond donors (Lipinski definition) is 1. The molecular formula is C14H17NOS. The third kappa shape index (κ3) is 2.35. The molecule has 0 aliphatic heterocycles. The van der Waals surface area contributed by atoms with E-state index in [1.165, 1.54) is 11.1 Å². The number of ether oxygens (including phenoxy) is 1. The number of rotatable bonds is 3. The van der Waals surface area contributed by atoms with Crippen LogP contribution in [-0.2, 0) is 0 Å². The van der Waals surface area contributed by atoms with E-state index in [0.29, 0.717) is 0 Å². The molecule has 0 saturated carbocycles. The van der Waals surface area contributed by atoms with Crippen molar-refractivity contribution >= 4 is 11.3 Å². The summed E-state index contributed by atoms with van der Waals surface area (Å²) in [4.78, 5) is 1.08. The maximum atomic E-state index is 6.29. The molecule has 2 N–H and O–H groups in total. The summed E-state index contributed by atoms with van der Waals surface area (Å²) in [6, 6.07) is 8.21. The van der Waals surface area contributed by atoms with Gasteiger partial charge in [-0.2, -0.15) is 0 Å².